The minimum atomic E-state index is -5.83. The molecule has 2 nitrogen and oxygen atoms in total. The highest BCUT2D eigenvalue weighted by atomic mass is 19.4. The number of alkyl halides is 8. The van der Waals surface area contributed by atoms with Gasteiger partial charge < -0.3 is 5.11 Å². The van der Waals surface area contributed by atoms with E-state index in [1.807, 2.05) is 0 Å². The average Bonchev–Trinajstić information content (AvgIpc) is 2.34. The zero-order chi connectivity index (χ0) is 17.4. The van der Waals surface area contributed by atoms with Crippen molar-refractivity contribution in [3.63, 3.8) is 0 Å². The molecule has 1 aromatic rings. The van der Waals surface area contributed by atoms with Crippen molar-refractivity contribution in [3.8, 4) is 0 Å². The number of nitrogens with two attached hydrogens (primary N) is 1. The lowest BCUT2D eigenvalue weighted by atomic mass is 9.99. The smallest absolute Gasteiger partial charge is 0.368 e. The second kappa shape index (κ2) is 5.65. The van der Waals surface area contributed by atoms with Gasteiger partial charge in [-0.3, -0.25) is 5.73 Å². The fourth-order valence-electron chi connectivity index (χ4n) is 1.56. The van der Waals surface area contributed by atoms with Crippen molar-refractivity contribution in [2.24, 2.45) is 5.73 Å². The van der Waals surface area contributed by atoms with E-state index in [0.29, 0.717) is 12.1 Å². The van der Waals surface area contributed by atoms with Gasteiger partial charge in [0, 0.05) is 12.0 Å². The standard InChI is InChI=1S/C12H11F8NO/c13-10(14,12(18,19)20)8-3-1-2-7(6-8)4-5-9(21,22)11(15,16)17/h1-3,6,22H,4-5,21H2. The third kappa shape index (κ3) is 3.86. The second-order valence-electron chi connectivity index (χ2n) is 4.69. The van der Waals surface area contributed by atoms with Crippen LogP contribution in [-0.4, -0.2) is 23.2 Å². The van der Waals surface area contributed by atoms with Crippen LogP contribution in [-0.2, 0) is 12.3 Å². The Balaban J connectivity index is 2.96. The summed E-state index contributed by atoms with van der Waals surface area (Å²) in [7, 11) is 0. The molecule has 10 heteroatoms. The maximum atomic E-state index is 13.1. The van der Waals surface area contributed by atoms with Gasteiger partial charge in [0.1, 0.15) is 0 Å². The van der Waals surface area contributed by atoms with Crippen molar-refractivity contribution >= 4 is 0 Å². The fourth-order valence-corrected chi connectivity index (χ4v) is 1.56. The highest BCUT2D eigenvalue weighted by molar-refractivity contribution is 5.28. The lowest BCUT2D eigenvalue weighted by molar-refractivity contribution is -0.289. The second-order valence-corrected chi connectivity index (χ2v) is 4.69. The molecule has 0 bridgehead atoms. The molecule has 0 aliphatic carbocycles. The Hall–Kier alpha value is -1.42. The molecule has 0 saturated carbocycles. The maximum Gasteiger partial charge on any atom is 0.458 e. The Morgan fingerprint density at radius 3 is 1.91 bits per heavy atom. The van der Waals surface area contributed by atoms with Gasteiger partial charge in [-0.15, -0.1) is 0 Å². The van der Waals surface area contributed by atoms with E-state index in [1.54, 1.807) is 0 Å². The zero-order valence-corrected chi connectivity index (χ0v) is 10.8. The number of hydrogen-bond acceptors (Lipinski definition) is 2. The predicted octanol–water partition coefficient (Wildman–Crippen LogP) is 3.48. The monoisotopic (exact) mass is 337 g/mol. The zero-order valence-electron chi connectivity index (χ0n) is 10.8. The van der Waals surface area contributed by atoms with E-state index in [-0.39, 0.29) is 5.56 Å². The first-order chi connectivity index (χ1) is 9.68. The van der Waals surface area contributed by atoms with E-state index >= 15 is 0 Å². The fraction of sp³-hybridized carbons (Fsp3) is 0.500. The van der Waals surface area contributed by atoms with Crippen LogP contribution in [0.15, 0.2) is 24.3 Å². The van der Waals surface area contributed by atoms with Crippen molar-refractivity contribution < 1.29 is 40.2 Å². The first kappa shape index (κ1) is 18.6. The summed E-state index contributed by atoms with van der Waals surface area (Å²) in [6.07, 6.45) is -12.7. The molecule has 0 aromatic heterocycles. The molecule has 22 heavy (non-hydrogen) atoms. The molecule has 1 aromatic carbocycles. The molecule has 0 amide bonds. The van der Waals surface area contributed by atoms with Gasteiger partial charge in [-0.2, -0.15) is 35.1 Å². The summed E-state index contributed by atoms with van der Waals surface area (Å²) in [5, 5.41) is 9.00. The van der Waals surface area contributed by atoms with E-state index in [9.17, 15) is 35.1 Å². The molecule has 0 aliphatic rings. The molecule has 0 radical (unpaired) electrons. The molecule has 0 aliphatic heterocycles. The molecular formula is C12H11F8NO. The Bertz CT molecular complexity index is 521. The van der Waals surface area contributed by atoms with E-state index in [0.717, 1.165) is 12.1 Å². The van der Waals surface area contributed by atoms with Crippen molar-refractivity contribution in [1.29, 1.82) is 0 Å². The minimum absolute atomic E-state index is 0.241. The summed E-state index contributed by atoms with van der Waals surface area (Å²) < 4.78 is 99.9. The summed E-state index contributed by atoms with van der Waals surface area (Å²) in [5.41, 5.74) is -0.562. The van der Waals surface area contributed by atoms with Crippen molar-refractivity contribution in [1.82, 2.24) is 0 Å². The van der Waals surface area contributed by atoms with Gasteiger partial charge in [0.25, 0.3) is 0 Å². The molecular weight excluding hydrogens is 326 g/mol. The van der Waals surface area contributed by atoms with Crippen LogP contribution < -0.4 is 5.73 Å². The quantitative estimate of drug-likeness (QED) is 0.653. The Morgan fingerprint density at radius 2 is 1.45 bits per heavy atom. The molecule has 0 spiro atoms. The topological polar surface area (TPSA) is 46.2 Å². The van der Waals surface area contributed by atoms with Gasteiger partial charge in [-0.05, 0) is 18.1 Å². The number of aryl methyl sites for hydroxylation is 1. The van der Waals surface area contributed by atoms with Crippen molar-refractivity contribution in [2.75, 3.05) is 0 Å². The number of benzene rings is 1. The third-order valence-corrected chi connectivity index (χ3v) is 2.93. The summed E-state index contributed by atoms with van der Waals surface area (Å²) >= 11 is 0. The summed E-state index contributed by atoms with van der Waals surface area (Å²) in [5.74, 6) is -5.13. The normalized spacial score (nSPS) is 16.5. The molecule has 1 rings (SSSR count). The highest BCUT2D eigenvalue weighted by Gasteiger charge is 2.58. The van der Waals surface area contributed by atoms with Gasteiger partial charge in [0.05, 0.1) is 0 Å². The molecule has 0 saturated heterocycles. The molecule has 1 atom stereocenters. The number of rotatable bonds is 4. The van der Waals surface area contributed by atoms with Gasteiger partial charge in [-0.1, -0.05) is 18.2 Å². The lowest BCUT2D eigenvalue weighted by Crippen LogP contribution is -2.53. The first-order valence-corrected chi connectivity index (χ1v) is 5.80. The number of hydrogen-bond donors (Lipinski definition) is 2. The van der Waals surface area contributed by atoms with Crippen molar-refractivity contribution in [2.45, 2.75) is 36.8 Å². The summed E-state index contributed by atoms with van der Waals surface area (Å²) in [6.45, 7) is 0. The van der Waals surface area contributed by atoms with Crippen LogP contribution in [0.1, 0.15) is 17.5 Å². The molecule has 126 valence electrons. The predicted molar refractivity (Wildman–Crippen MR) is 59.9 cm³/mol. The Labute approximate surface area is 119 Å². The van der Waals surface area contributed by atoms with E-state index in [1.165, 1.54) is 0 Å². The minimum Gasteiger partial charge on any atom is -0.368 e. The number of halogens is 8. The van der Waals surface area contributed by atoms with Gasteiger partial charge in [-0.25, -0.2) is 0 Å². The van der Waals surface area contributed by atoms with Gasteiger partial charge in [0.2, 0.25) is 5.72 Å². The van der Waals surface area contributed by atoms with Crippen LogP contribution in [0.4, 0.5) is 35.1 Å². The van der Waals surface area contributed by atoms with E-state index < -0.39 is 42.4 Å². The first-order valence-electron chi connectivity index (χ1n) is 5.80. The van der Waals surface area contributed by atoms with Gasteiger partial charge >= 0.3 is 18.3 Å². The van der Waals surface area contributed by atoms with Crippen LogP contribution in [0, 0.1) is 0 Å². The summed E-state index contributed by atoms with van der Waals surface area (Å²) in [6, 6.07) is 2.85. The van der Waals surface area contributed by atoms with Gasteiger partial charge in [0.15, 0.2) is 0 Å². The van der Waals surface area contributed by atoms with Crippen LogP contribution in [0.2, 0.25) is 0 Å². The molecule has 0 fully saturated rings. The third-order valence-electron chi connectivity index (χ3n) is 2.93. The summed E-state index contributed by atoms with van der Waals surface area (Å²) in [4.78, 5) is 0. The van der Waals surface area contributed by atoms with Crippen LogP contribution in [0.3, 0.4) is 0 Å². The molecule has 3 N–H and O–H groups in total. The lowest BCUT2D eigenvalue weighted by Gasteiger charge is -2.26. The Morgan fingerprint density at radius 1 is 0.909 bits per heavy atom. The SMILES string of the molecule is NC(O)(CCc1cccc(C(F)(F)C(F)(F)F)c1)C(F)(F)F. The van der Waals surface area contributed by atoms with Crippen LogP contribution >= 0.6 is 0 Å². The Kier molecular flexibility index (Phi) is 4.79. The van der Waals surface area contributed by atoms with Crippen LogP contribution in [0.5, 0.6) is 0 Å². The average molecular weight is 337 g/mol. The highest BCUT2D eigenvalue weighted by Crippen LogP contribution is 2.44. The number of aliphatic hydroxyl groups is 1. The molecule has 1 unspecified atom stereocenters. The largest absolute Gasteiger partial charge is 0.458 e. The maximum absolute atomic E-state index is 13.1. The van der Waals surface area contributed by atoms with E-state index in [4.69, 9.17) is 5.11 Å². The van der Waals surface area contributed by atoms with E-state index in [2.05, 4.69) is 5.73 Å². The van der Waals surface area contributed by atoms with Crippen LogP contribution in [0.25, 0.3) is 0 Å². The molecule has 0 heterocycles. The van der Waals surface area contributed by atoms with Crippen molar-refractivity contribution in [3.05, 3.63) is 35.4 Å².